The molecular formula is C19H26IN7S. The molecule has 0 saturated carbocycles. The molecule has 0 fully saturated rings. The fraction of sp³-hybridized carbons (Fsp3) is 0.368. The highest BCUT2D eigenvalue weighted by atomic mass is 127. The van der Waals surface area contributed by atoms with Crippen LogP contribution in [0.2, 0.25) is 0 Å². The van der Waals surface area contributed by atoms with Gasteiger partial charge >= 0.3 is 0 Å². The molecule has 9 heteroatoms. The normalized spacial score (nSPS) is 11.1. The van der Waals surface area contributed by atoms with Crippen LogP contribution in [-0.2, 0) is 19.4 Å². The first-order chi connectivity index (χ1) is 13.3. The van der Waals surface area contributed by atoms with E-state index < -0.39 is 0 Å². The fourth-order valence-electron chi connectivity index (χ4n) is 2.52. The van der Waals surface area contributed by atoms with Crippen LogP contribution in [-0.4, -0.2) is 38.8 Å². The Labute approximate surface area is 186 Å². The lowest BCUT2D eigenvalue weighted by Gasteiger charge is -2.10. The van der Waals surface area contributed by atoms with Crippen molar-refractivity contribution in [2.45, 2.75) is 33.2 Å². The standard InChI is InChI=1S/C19H25N7S.HI/c1-3-17-12-23-18(27-17)9-10-22-19(21-4-2)24-11-15-5-7-16(8-6-15)26-14-20-13-25-26;/h5-8,12-14H,3-4,9-11H2,1-2H3,(H2,21,22,24);1H. The van der Waals surface area contributed by atoms with Crippen molar-refractivity contribution in [3.8, 4) is 5.69 Å². The van der Waals surface area contributed by atoms with Crippen LogP contribution in [0.25, 0.3) is 5.69 Å². The maximum absolute atomic E-state index is 4.67. The zero-order chi connectivity index (χ0) is 18.9. The van der Waals surface area contributed by atoms with Crippen molar-refractivity contribution >= 4 is 41.3 Å². The summed E-state index contributed by atoms with van der Waals surface area (Å²) < 4.78 is 1.74. The topological polar surface area (TPSA) is 80.0 Å². The Bertz CT molecular complexity index is 844. The molecule has 1 aromatic carbocycles. The van der Waals surface area contributed by atoms with Crippen LogP contribution in [0.15, 0.2) is 48.1 Å². The molecule has 0 bridgehead atoms. The predicted octanol–water partition coefficient (Wildman–Crippen LogP) is 3.20. The fourth-order valence-corrected chi connectivity index (χ4v) is 3.38. The number of aromatic nitrogens is 4. The molecule has 0 radical (unpaired) electrons. The number of nitrogens with one attached hydrogen (secondary N) is 2. The minimum atomic E-state index is 0. The Balaban J connectivity index is 0.00000280. The second-order valence-corrected chi connectivity index (χ2v) is 7.15. The number of nitrogens with zero attached hydrogens (tertiary/aromatic N) is 5. The number of benzene rings is 1. The third kappa shape index (κ3) is 6.55. The summed E-state index contributed by atoms with van der Waals surface area (Å²) in [5.74, 6) is 0.824. The predicted molar refractivity (Wildman–Crippen MR) is 125 cm³/mol. The van der Waals surface area contributed by atoms with Crippen LogP contribution in [0.5, 0.6) is 0 Å². The van der Waals surface area contributed by atoms with Crippen LogP contribution < -0.4 is 10.6 Å². The van der Waals surface area contributed by atoms with Gasteiger partial charge in [0.1, 0.15) is 12.7 Å². The average molecular weight is 511 g/mol. The Morgan fingerprint density at radius 2 is 2.00 bits per heavy atom. The Morgan fingerprint density at radius 3 is 2.64 bits per heavy atom. The van der Waals surface area contributed by atoms with Gasteiger partial charge in [0.15, 0.2) is 5.96 Å². The van der Waals surface area contributed by atoms with Gasteiger partial charge in [-0.15, -0.1) is 35.3 Å². The largest absolute Gasteiger partial charge is 0.357 e. The minimum Gasteiger partial charge on any atom is -0.357 e. The van der Waals surface area contributed by atoms with Crippen molar-refractivity contribution in [3.05, 3.63) is 58.6 Å². The van der Waals surface area contributed by atoms with Crippen molar-refractivity contribution in [2.75, 3.05) is 13.1 Å². The van der Waals surface area contributed by atoms with E-state index in [1.165, 1.54) is 16.2 Å². The molecule has 150 valence electrons. The highest BCUT2D eigenvalue weighted by Crippen LogP contribution is 2.13. The number of rotatable bonds is 8. The lowest BCUT2D eigenvalue weighted by Crippen LogP contribution is -2.38. The summed E-state index contributed by atoms with van der Waals surface area (Å²) in [6.07, 6.45) is 7.14. The second kappa shape index (κ2) is 11.7. The van der Waals surface area contributed by atoms with Crippen molar-refractivity contribution in [1.82, 2.24) is 30.4 Å². The Morgan fingerprint density at radius 1 is 1.18 bits per heavy atom. The van der Waals surface area contributed by atoms with E-state index in [9.17, 15) is 0 Å². The second-order valence-electron chi connectivity index (χ2n) is 5.95. The average Bonchev–Trinajstić information content (AvgIpc) is 3.38. The lowest BCUT2D eigenvalue weighted by molar-refractivity contribution is 0.796. The minimum absolute atomic E-state index is 0. The molecule has 0 unspecified atom stereocenters. The highest BCUT2D eigenvalue weighted by Gasteiger charge is 2.03. The molecule has 0 atom stereocenters. The molecule has 3 rings (SSSR count). The van der Waals surface area contributed by atoms with Crippen LogP contribution >= 0.6 is 35.3 Å². The van der Waals surface area contributed by atoms with Gasteiger partial charge in [-0.05, 0) is 31.0 Å². The van der Waals surface area contributed by atoms with Crippen molar-refractivity contribution in [1.29, 1.82) is 0 Å². The van der Waals surface area contributed by atoms with E-state index in [0.29, 0.717) is 6.54 Å². The molecule has 2 aromatic heterocycles. The molecule has 2 heterocycles. The van der Waals surface area contributed by atoms with Gasteiger partial charge in [0, 0.05) is 30.6 Å². The quantitative estimate of drug-likeness (QED) is 0.276. The van der Waals surface area contributed by atoms with E-state index in [2.05, 4.69) is 56.7 Å². The lowest BCUT2D eigenvalue weighted by atomic mass is 10.2. The summed E-state index contributed by atoms with van der Waals surface area (Å²) in [4.78, 5) is 14.4. The summed E-state index contributed by atoms with van der Waals surface area (Å²) in [7, 11) is 0. The summed E-state index contributed by atoms with van der Waals surface area (Å²) in [6.45, 7) is 6.48. The molecule has 0 spiro atoms. The number of thiazole rings is 1. The Hall–Kier alpha value is -2.01. The van der Waals surface area contributed by atoms with E-state index in [0.717, 1.165) is 43.1 Å². The monoisotopic (exact) mass is 511 g/mol. The molecule has 0 aliphatic carbocycles. The molecule has 3 aromatic rings. The van der Waals surface area contributed by atoms with E-state index in [1.54, 1.807) is 22.3 Å². The van der Waals surface area contributed by atoms with Crippen molar-refractivity contribution in [3.63, 3.8) is 0 Å². The zero-order valence-corrected chi connectivity index (χ0v) is 19.3. The number of guanidine groups is 1. The molecular weight excluding hydrogens is 485 g/mol. The molecule has 0 saturated heterocycles. The first-order valence-corrected chi connectivity index (χ1v) is 9.99. The van der Waals surface area contributed by atoms with Gasteiger partial charge in [-0.2, -0.15) is 5.10 Å². The van der Waals surface area contributed by atoms with Crippen molar-refractivity contribution in [2.24, 2.45) is 4.99 Å². The zero-order valence-electron chi connectivity index (χ0n) is 16.1. The third-order valence-electron chi connectivity index (χ3n) is 3.96. The number of aryl methyl sites for hydroxylation is 1. The van der Waals surface area contributed by atoms with E-state index in [4.69, 9.17) is 0 Å². The highest BCUT2D eigenvalue weighted by molar-refractivity contribution is 14.0. The van der Waals surface area contributed by atoms with Crippen molar-refractivity contribution < 1.29 is 0 Å². The summed E-state index contributed by atoms with van der Waals surface area (Å²) in [5.41, 5.74) is 2.13. The van der Waals surface area contributed by atoms with Crippen LogP contribution in [0, 0.1) is 0 Å². The SMILES string of the molecule is CCNC(=NCc1ccc(-n2cncn2)cc1)NCCc1ncc(CC)s1.I. The van der Waals surface area contributed by atoms with Gasteiger partial charge in [0.05, 0.1) is 17.2 Å². The smallest absolute Gasteiger partial charge is 0.191 e. The van der Waals surface area contributed by atoms with Gasteiger partial charge in [-0.3, -0.25) is 0 Å². The summed E-state index contributed by atoms with van der Waals surface area (Å²) in [5, 5.41) is 12.0. The number of hydrogen-bond donors (Lipinski definition) is 2. The van der Waals surface area contributed by atoms with E-state index in [1.807, 2.05) is 18.3 Å². The van der Waals surface area contributed by atoms with Gasteiger partial charge in [0.2, 0.25) is 0 Å². The number of hydrogen-bond acceptors (Lipinski definition) is 5. The Kier molecular flexibility index (Phi) is 9.35. The van der Waals surface area contributed by atoms with Crippen LogP contribution in [0.1, 0.15) is 29.3 Å². The van der Waals surface area contributed by atoms with Gasteiger partial charge in [-0.1, -0.05) is 19.1 Å². The first kappa shape index (κ1) is 22.3. The van der Waals surface area contributed by atoms with Gasteiger partial charge < -0.3 is 10.6 Å². The molecule has 7 nitrogen and oxygen atoms in total. The van der Waals surface area contributed by atoms with E-state index in [-0.39, 0.29) is 24.0 Å². The maximum Gasteiger partial charge on any atom is 0.191 e. The molecule has 0 aliphatic rings. The molecule has 0 aliphatic heterocycles. The van der Waals surface area contributed by atoms with E-state index >= 15 is 0 Å². The summed E-state index contributed by atoms with van der Waals surface area (Å²) >= 11 is 1.79. The number of aliphatic imine (C=N–C) groups is 1. The third-order valence-corrected chi connectivity index (χ3v) is 5.17. The number of halogens is 1. The molecule has 28 heavy (non-hydrogen) atoms. The van der Waals surface area contributed by atoms with Crippen LogP contribution in [0.4, 0.5) is 0 Å². The maximum atomic E-state index is 4.67. The van der Waals surface area contributed by atoms with Gasteiger partial charge in [0.25, 0.3) is 0 Å². The molecule has 0 amide bonds. The molecule has 2 N–H and O–H groups in total. The van der Waals surface area contributed by atoms with Gasteiger partial charge in [-0.25, -0.2) is 19.6 Å². The first-order valence-electron chi connectivity index (χ1n) is 9.18. The summed E-state index contributed by atoms with van der Waals surface area (Å²) in [6, 6.07) is 8.17. The van der Waals surface area contributed by atoms with Crippen LogP contribution in [0.3, 0.4) is 0 Å².